The number of carbonyl (C=O) groups is 1. The van der Waals surface area contributed by atoms with Crippen molar-refractivity contribution in [3.05, 3.63) is 88.0 Å². The minimum absolute atomic E-state index is 0.0402. The van der Waals surface area contributed by atoms with Gasteiger partial charge in [-0.15, -0.1) is 11.3 Å². The van der Waals surface area contributed by atoms with Gasteiger partial charge >= 0.3 is 0 Å². The summed E-state index contributed by atoms with van der Waals surface area (Å²) in [4.78, 5) is 20.6. The first kappa shape index (κ1) is 29.9. The fourth-order valence-corrected chi connectivity index (χ4v) is 7.08. The van der Waals surface area contributed by atoms with E-state index in [2.05, 4.69) is 22.2 Å². The number of rotatable bonds is 9. The first-order valence-electron chi connectivity index (χ1n) is 13.8. The third-order valence-corrected chi connectivity index (χ3v) is 9.68. The minimum atomic E-state index is -0.653. The van der Waals surface area contributed by atoms with Gasteiger partial charge in [-0.25, -0.2) is 8.78 Å². The van der Waals surface area contributed by atoms with E-state index in [9.17, 15) is 13.6 Å². The van der Waals surface area contributed by atoms with Gasteiger partial charge in [-0.3, -0.25) is 9.78 Å². The molecule has 0 bridgehead atoms. The summed E-state index contributed by atoms with van der Waals surface area (Å²) in [5.74, 6) is -0.976. The van der Waals surface area contributed by atoms with Crippen LogP contribution in [0.15, 0.2) is 55.2 Å². The van der Waals surface area contributed by atoms with Crippen LogP contribution in [0.1, 0.15) is 46.6 Å². The van der Waals surface area contributed by atoms with Crippen molar-refractivity contribution in [2.75, 3.05) is 21.2 Å². The molecule has 1 aliphatic rings. The van der Waals surface area contributed by atoms with Gasteiger partial charge in [0.2, 0.25) is 0 Å². The lowest BCUT2D eigenvalue weighted by molar-refractivity contribution is 0.0604. The molecule has 0 spiro atoms. The van der Waals surface area contributed by atoms with Crippen molar-refractivity contribution in [1.29, 1.82) is 0 Å². The summed E-state index contributed by atoms with van der Waals surface area (Å²) in [5.41, 5.74) is 4.09. The van der Waals surface area contributed by atoms with Crippen molar-refractivity contribution >= 4 is 44.6 Å². The molecule has 2 aromatic heterocycles. The van der Waals surface area contributed by atoms with Crippen molar-refractivity contribution < 1.29 is 18.3 Å². The van der Waals surface area contributed by atoms with Gasteiger partial charge in [0, 0.05) is 37.4 Å². The third-order valence-electron chi connectivity index (χ3n) is 8.01. The Balaban J connectivity index is 1.56. The van der Waals surface area contributed by atoms with Crippen LogP contribution in [0.25, 0.3) is 26.9 Å². The normalized spacial score (nSPS) is 16.8. The molecule has 10 heteroatoms. The second kappa shape index (κ2) is 12.8. The van der Waals surface area contributed by atoms with E-state index < -0.39 is 11.6 Å². The summed E-state index contributed by atoms with van der Waals surface area (Å²) >= 11 is 7.47. The highest BCUT2D eigenvalue weighted by Crippen LogP contribution is 2.40. The van der Waals surface area contributed by atoms with Crippen LogP contribution in [-0.4, -0.2) is 49.1 Å². The summed E-state index contributed by atoms with van der Waals surface area (Å²) in [7, 11) is 5.34. The Kier molecular flexibility index (Phi) is 9.11. The number of pyridine rings is 1. The quantitative estimate of drug-likeness (QED) is 0.209. The van der Waals surface area contributed by atoms with E-state index in [1.54, 1.807) is 25.3 Å². The molecule has 4 aromatic rings. The molecule has 1 amide bonds. The summed E-state index contributed by atoms with van der Waals surface area (Å²) in [6, 6.07) is 12.1. The number of hydrogen-bond donors (Lipinski definition) is 2. The summed E-state index contributed by atoms with van der Waals surface area (Å²) in [6.07, 6.45) is 5.10. The maximum atomic E-state index is 14.7. The highest BCUT2D eigenvalue weighted by atomic mass is 35.5. The molecule has 0 aliphatic heterocycles. The Morgan fingerprint density at radius 2 is 1.81 bits per heavy atom. The summed E-state index contributed by atoms with van der Waals surface area (Å²) in [6.45, 7) is 4.25. The van der Waals surface area contributed by atoms with Gasteiger partial charge in [0.1, 0.15) is 22.3 Å². The smallest absolute Gasteiger partial charge is 0.266 e. The lowest BCUT2D eigenvalue weighted by Gasteiger charge is -2.37. The van der Waals surface area contributed by atoms with Crippen molar-refractivity contribution in [3.8, 4) is 16.9 Å². The van der Waals surface area contributed by atoms with Gasteiger partial charge < -0.3 is 20.3 Å². The highest BCUT2D eigenvalue weighted by molar-refractivity contribution is 7.21. The molecule has 6 nitrogen and oxygen atoms in total. The number of hydrogen-bond acceptors (Lipinski definition) is 6. The van der Waals surface area contributed by atoms with Crippen LogP contribution >= 0.6 is 22.9 Å². The molecule has 0 unspecified atom stereocenters. The molecule has 1 fully saturated rings. The number of fused-ring (bicyclic) bond motifs is 1. The van der Waals surface area contributed by atoms with E-state index in [-0.39, 0.29) is 38.5 Å². The van der Waals surface area contributed by atoms with Crippen LogP contribution in [0.2, 0.25) is 5.02 Å². The number of carbonyl (C=O) groups excluding carboxylic acids is 1. The second-order valence-electron chi connectivity index (χ2n) is 10.4. The Morgan fingerprint density at radius 1 is 1.10 bits per heavy atom. The van der Waals surface area contributed by atoms with E-state index in [4.69, 9.17) is 16.3 Å². The van der Waals surface area contributed by atoms with Crippen LogP contribution in [0, 0.1) is 11.6 Å². The Hall–Kier alpha value is -3.53. The monoisotopic (exact) mass is 610 g/mol. The summed E-state index contributed by atoms with van der Waals surface area (Å²) < 4.78 is 35.1. The van der Waals surface area contributed by atoms with Gasteiger partial charge in [0.05, 0.1) is 33.6 Å². The molecule has 0 radical (unpaired) electrons. The maximum absolute atomic E-state index is 14.7. The lowest BCUT2D eigenvalue weighted by Crippen LogP contribution is -2.44. The zero-order valence-electron chi connectivity index (χ0n) is 23.8. The number of benzene rings is 2. The second-order valence-corrected chi connectivity index (χ2v) is 11.8. The molecule has 1 saturated carbocycles. The predicted molar refractivity (Wildman–Crippen MR) is 166 cm³/mol. The number of methoxy groups -OCH3 is 1. The molecule has 220 valence electrons. The van der Waals surface area contributed by atoms with E-state index >= 15 is 0 Å². The number of nitrogens with zero attached hydrogens (tertiary/aromatic N) is 2. The van der Waals surface area contributed by atoms with Crippen LogP contribution in [0.5, 0.6) is 5.75 Å². The highest BCUT2D eigenvalue weighted by Gasteiger charge is 2.33. The zero-order chi connectivity index (χ0) is 30.0. The predicted octanol–water partition coefficient (Wildman–Crippen LogP) is 7.27. The Morgan fingerprint density at radius 3 is 2.48 bits per heavy atom. The van der Waals surface area contributed by atoms with Crippen molar-refractivity contribution in [1.82, 2.24) is 20.5 Å². The molecule has 0 atom stereocenters. The molecule has 42 heavy (non-hydrogen) atoms. The van der Waals surface area contributed by atoms with Crippen LogP contribution < -0.4 is 15.4 Å². The molecule has 2 N–H and O–H groups in total. The largest absolute Gasteiger partial charge is 0.496 e. The van der Waals surface area contributed by atoms with E-state index in [0.717, 1.165) is 71.5 Å². The van der Waals surface area contributed by atoms with Crippen molar-refractivity contribution in [3.63, 3.8) is 0 Å². The van der Waals surface area contributed by atoms with Crippen LogP contribution in [0.3, 0.4) is 0 Å². The number of amides is 1. The molecule has 5 rings (SSSR count). The standard InChI is InChI=1S/C32H33ClF2N4O2S/c1-18(36-2)26-16-20(13-14-38-26)19-5-12-27(41-4)21(15-19)17-39(23-8-6-22(37-3)7-9-23)32(40)31-29(33)28-24(34)10-11-25(35)30(28)42-31/h5,10-16,22-23,36-37H,1,6-9,17H2,2-4H3. The minimum Gasteiger partial charge on any atom is -0.496 e. The SMILES string of the molecule is C=C(NC)c1cc(-c2ccc(OC)c(CN(C(=O)c3sc4c(F)ccc(F)c4c3Cl)C3CCC(NC)CC3)c2)ccn1. The summed E-state index contributed by atoms with van der Waals surface area (Å²) in [5, 5.41) is 6.25. The fourth-order valence-electron chi connectivity index (χ4n) is 5.58. The average Bonchev–Trinajstić information content (AvgIpc) is 3.39. The number of halogens is 3. The number of thiophene rings is 1. The van der Waals surface area contributed by atoms with Gasteiger partial charge in [-0.2, -0.15) is 0 Å². The molecule has 0 saturated heterocycles. The van der Waals surface area contributed by atoms with Gasteiger partial charge in [0.25, 0.3) is 5.91 Å². The maximum Gasteiger partial charge on any atom is 0.266 e. The van der Waals surface area contributed by atoms with E-state index in [0.29, 0.717) is 17.5 Å². The van der Waals surface area contributed by atoms with E-state index in [1.165, 1.54) is 0 Å². The third kappa shape index (κ3) is 5.86. The molecular formula is C32H33ClF2N4O2S. The van der Waals surface area contributed by atoms with Crippen molar-refractivity contribution in [2.24, 2.45) is 0 Å². The molecular weight excluding hydrogens is 578 g/mol. The molecule has 1 aliphatic carbocycles. The van der Waals surface area contributed by atoms with Gasteiger partial charge in [-0.1, -0.05) is 24.2 Å². The average molecular weight is 611 g/mol. The van der Waals surface area contributed by atoms with E-state index in [1.807, 2.05) is 37.4 Å². The topological polar surface area (TPSA) is 66.5 Å². The number of ether oxygens (including phenoxy) is 1. The van der Waals surface area contributed by atoms with Crippen molar-refractivity contribution in [2.45, 2.75) is 44.3 Å². The van der Waals surface area contributed by atoms with Gasteiger partial charge in [0.15, 0.2) is 0 Å². The zero-order valence-corrected chi connectivity index (χ0v) is 25.3. The Labute approximate surface area is 253 Å². The number of aromatic nitrogens is 1. The lowest BCUT2D eigenvalue weighted by atomic mass is 9.89. The number of nitrogens with one attached hydrogen (secondary N) is 2. The molecule has 2 aromatic carbocycles. The van der Waals surface area contributed by atoms with Crippen LogP contribution in [-0.2, 0) is 6.54 Å². The van der Waals surface area contributed by atoms with Crippen LogP contribution in [0.4, 0.5) is 8.78 Å². The fraction of sp³-hybridized carbons (Fsp3) is 0.312. The first-order chi connectivity index (χ1) is 20.2. The van der Waals surface area contributed by atoms with Gasteiger partial charge in [-0.05, 0) is 80.3 Å². The Bertz CT molecular complexity index is 1630. The molecule has 2 heterocycles. The first-order valence-corrected chi connectivity index (χ1v) is 15.0.